The second-order valence-electron chi connectivity index (χ2n) is 4.56. The van der Waals surface area contributed by atoms with Crippen LogP contribution in [0.25, 0.3) is 0 Å². The molecule has 0 aliphatic carbocycles. The third-order valence-electron chi connectivity index (χ3n) is 3.10. The molecule has 2 N–H and O–H groups in total. The van der Waals surface area contributed by atoms with E-state index in [0.29, 0.717) is 22.9 Å². The van der Waals surface area contributed by atoms with E-state index in [-0.39, 0.29) is 10.6 Å². The molecule has 0 unspecified atom stereocenters. The lowest BCUT2D eigenvalue weighted by molar-refractivity contribution is 0.409. The highest BCUT2D eigenvalue weighted by Crippen LogP contribution is 2.24. The van der Waals surface area contributed by atoms with Crippen molar-refractivity contribution in [3.05, 3.63) is 58.6 Å². The monoisotopic (exact) mass is 325 g/mol. The topological polar surface area (TPSA) is 69.4 Å². The number of hydrogen-bond acceptors (Lipinski definition) is 4. The van der Waals surface area contributed by atoms with E-state index in [2.05, 4.69) is 0 Å². The summed E-state index contributed by atoms with van der Waals surface area (Å²) in [4.78, 5) is 0.244. The first-order valence-corrected chi connectivity index (χ1v) is 8.33. The van der Waals surface area contributed by atoms with Gasteiger partial charge in [-0.2, -0.15) is 0 Å². The predicted molar refractivity (Wildman–Crippen MR) is 83.2 cm³/mol. The summed E-state index contributed by atoms with van der Waals surface area (Å²) in [7, 11) is -1.89. The van der Waals surface area contributed by atoms with Gasteiger partial charge >= 0.3 is 0 Å². The molecule has 2 rings (SSSR count). The van der Waals surface area contributed by atoms with E-state index in [0.717, 1.165) is 5.56 Å². The van der Waals surface area contributed by atoms with Crippen LogP contribution in [0.2, 0.25) is 5.02 Å². The standard InChI is InChI=1S/C15H16ClNO3S/c1-20-15-8-11(2-3-12(15)9-17)10-21(18,19)14-6-4-13(16)5-7-14/h2-8H,9-10,17H2,1H3. The fourth-order valence-corrected chi connectivity index (χ4v) is 3.45. The first-order chi connectivity index (χ1) is 9.96. The Morgan fingerprint density at radius 3 is 2.38 bits per heavy atom. The Morgan fingerprint density at radius 1 is 1.14 bits per heavy atom. The van der Waals surface area contributed by atoms with Crippen LogP contribution in [0.1, 0.15) is 11.1 Å². The molecule has 6 heteroatoms. The summed E-state index contributed by atoms with van der Waals surface area (Å²) in [5.41, 5.74) is 7.09. The highest BCUT2D eigenvalue weighted by molar-refractivity contribution is 7.90. The molecular weight excluding hydrogens is 310 g/mol. The molecule has 0 radical (unpaired) electrons. The van der Waals surface area contributed by atoms with Crippen LogP contribution >= 0.6 is 11.6 Å². The number of halogens is 1. The van der Waals surface area contributed by atoms with E-state index in [1.165, 1.54) is 19.2 Å². The molecule has 0 saturated carbocycles. The lowest BCUT2D eigenvalue weighted by Gasteiger charge is -2.10. The van der Waals surface area contributed by atoms with Gasteiger partial charge in [-0.05, 0) is 35.9 Å². The lowest BCUT2D eigenvalue weighted by Crippen LogP contribution is -2.06. The number of benzene rings is 2. The number of sulfone groups is 1. The van der Waals surface area contributed by atoms with Crippen LogP contribution in [0.4, 0.5) is 0 Å². The minimum Gasteiger partial charge on any atom is -0.496 e. The molecule has 0 atom stereocenters. The molecule has 0 aromatic heterocycles. The number of nitrogens with two attached hydrogens (primary N) is 1. The van der Waals surface area contributed by atoms with Crippen molar-refractivity contribution in [3.8, 4) is 5.75 Å². The van der Waals surface area contributed by atoms with Gasteiger partial charge in [0.15, 0.2) is 9.84 Å². The predicted octanol–water partition coefficient (Wildman–Crippen LogP) is 2.78. The molecule has 2 aromatic rings. The third kappa shape index (κ3) is 3.75. The number of methoxy groups -OCH3 is 1. The third-order valence-corrected chi connectivity index (χ3v) is 5.06. The van der Waals surface area contributed by atoms with Gasteiger partial charge in [-0.15, -0.1) is 0 Å². The molecule has 2 aromatic carbocycles. The maximum atomic E-state index is 12.4. The van der Waals surface area contributed by atoms with E-state index < -0.39 is 9.84 Å². The Hall–Kier alpha value is -1.56. The number of hydrogen-bond donors (Lipinski definition) is 1. The molecule has 4 nitrogen and oxygen atoms in total. The van der Waals surface area contributed by atoms with Crippen LogP contribution in [-0.2, 0) is 22.1 Å². The van der Waals surface area contributed by atoms with Crippen molar-refractivity contribution >= 4 is 21.4 Å². The molecular formula is C15H16ClNO3S. The SMILES string of the molecule is COc1cc(CS(=O)(=O)c2ccc(Cl)cc2)ccc1CN. The minimum atomic E-state index is -3.42. The summed E-state index contributed by atoms with van der Waals surface area (Å²) in [6.45, 7) is 0.341. The summed E-state index contributed by atoms with van der Waals surface area (Å²) >= 11 is 5.77. The largest absolute Gasteiger partial charge is 0.496 e. The zero-order valence-electron chi connectivity index (χ0n) is 11.5. The average Bonchev–Trinajstić information content (AvgIpc) is 2.47. The summed E-state index contributed by atoms with van der Waals surface area (Å²) in [6.07, 6.45) is 0. The van der Waals surface area contributed by atoms with Crippen molar-refractivity contribution in [1.29, 1.82) is 0 Å². The molecule has 0 spiro atoms. The molecule has 0 heterocycles. The van der Waals surface area contributed by atoms with Gasteiger partial charge in [-0.25, -0.2) is 8.42 Å². The first kappa shape index (κ1) is 15.8. The molecule has 0 aliphatic rings. The Morgan fingerprint density at radius 2 is 1.81 bits per heavy atom. The molecule has 0 bridgehead atoms. The van der Waals surface area contributed by atoms with Gasteiger partial charge in [-0.1, -0.05) is 23.7 Å². The zero-order valence-corrected chi connectivity index (χ0v) is 13.1. The minimum absolute atomic E-state index is 0.101. The van der Waals surface area contributed by atoms with E-state index >= 15 is 0 Å². The molecule has 0 fully saturated rings. The van der Waals surface area contributed by atoms with Crippen LogP contribution in [0.5, 0.6) is 5.75 Å². The molecule has 0 saturated heterocycles. The summed E-state index contributed by atoms with van der Waals surface area (Å²) in [6, 6.07) is 11.4. The normalized spacial score (nSPS) is 11.4. The maximum Gasteiger partial charge on any atom is 0.182 e. The second kappa shape index (κ2) is 6.47. The lowest BCUT2D eigenvalue weighted by atomic mass is 10.1. The van der Waals surface area contributed by atoms with Crippen LogP contribution in [0.15, 0.2) is 47.4 Å². The fraction of sp³-hybridized carbons (Fsp3) is 0.200. The van der Waals surface area contributed by atoms with Gasteiger partial charge in [0.1, 0.15) is 5.75 Å². The van der Waals surface area contributed by atoms with Crippen LogP contribution in [0, 0.1) is 0 Å². The van der Waals surface area contributed by atoms with Crippen molar-refractivity contribution in [2.75, 3.05) is 7.11 Å². The van der Waals surface area contributed by atoms with Crippen LogP contribution in [0.3, 0.4) is 0 Å². The van der Waals surface area contributed by atoms with Crippen molar-refractivity contribution in [1.82, 2.24) is 0 Å². The fourth-order valence-electron chi connectivity index (χ4n) is 1.99. The van der Waals surface area contributed by atoms with Gasteiger partial charge in [0.05, 0.1) is 17.8 Å². The molecule has 21 heavy (non-hydrogen) atoms. The van der Waals surface area contributed by atoms with E-state index in [9.17, 15) is 8.42 Å². The Balaban J connectivity index is 2.30. The van der Waals surface area contributed by atoms with Gasteiger partial charge in [0, 0.05) is 17.1 Å². The number of rotatable bonds is 5. The van der Waals surface area contributed by atoms with Crippen molar-refractivity contribution in [2.45, 2.75) is 17.2 Å². The summed E-state index contributed by atoms with van der Waals surface area (Å²) in [5, 5.41) is 0.503. The highest BCUT2D eigenvalue weighted by atomic mass is 35.5. The quantitative estimate of drug-likeness (QED) is 0.917. The van der Waals surface area contributed by atoms with Crippen molar-refractivity contribution < 1.29 is 13.2 Å². The molecule has 0 amide bonds. The highest BCUT2D eigenvalue weighted by Gasteiger charge is 2.16. The van der Waals surface area contributed by atoms with Gasteiger partial charge in [0.25, 0.3) is 0 Å². The Labute approximate surface area is 129 Å². The average molecular weight is 326 g/mol. The summed E-state index contributed by atoms with van der Waals surface area (Å²) in [5.74, 6) is 0.497. The second-order valence-corrected chi connectivity index (χ2v) is 6.99. The number of ether oxygens (including phenoxy) is 1. The smallest absolute Gasteiger partial charge is 0.182 e. The maximum absolute atomic E-state index is 12.4. The van der Waals surface area contributed by atoms with Gasteiger partial charge < -0.3 is 10.5 Å². The Kier molecular flexibility index (Phi) is 4.88. The van der Waals surface area contributed by atoms with E-state index in [1.54, 1.807) is 30.3 Å². The summed E-state index contributed by atoms with van der Waals surface area (Å²) < 4.78 is 29.9. The Bertz CT molecular complexity index is 727. The first-order valence-electron chi connectivity index (χ1n) is 6.30. The van der Waals surface area contributed by atoms with E-state index in [4.69, 9.17) is 22.1 Å². The van der Waals surface area contributed by atoms with Crippen molar-refractivity contribution in [2.24, 2.45) is 5.73 Å². The van der Waals surface area contributed by atoms with Gasteiger partial charge in [0.2, 0.25) is 0 Å². The molecule has 0 aliphatic heterocycles. The van der Waals surface area contributed by atoms with Crippen LogP contribution in [-0.4, -0.2) is 15.5 Å². The van der Waals surface area contributed by atoms with Gasteiger partial charge in [-0.3, -0.25) is 0 Å². The zero-order chi connectivity index (χ0) is 15.5. The molecule has 112 valence electrons. The van der Waals surface area contributed by atoms with Crippen LogP contribution < -0.4 is 10.5 Å². The van der Waals surface area contributed by atoms with Crippen molar-refractivity contribution in [3.63, 3.8) is 0 Å². The van der Waals surface area contributed by atoms with E-state index in [1.807, 2.05) is 0 Å².